The minimum atomic E-state index is -1.03. The summed E-state index contributed by atoms with van der Waals surface area (Å²) in [6.45, 7) is 2.01. The lowest BCUT2D eigenvalue weighted by Crippen LogP contribution is -2.43. The summed E-state index contributed by atoms with van der Waals surface area (Å²) in [5, 5.41) is 23.0. The highest BCUT2D eigenvalue weighted by Gasteiger charge is 2.46. The van der Waals surface area contributed by atoms with Crippen LogP contribution in [-0.2, 0) is 9.53 Å². The summed E-state index contributed by atoms with van der Waals surface area (Å²) in [7, 11) is 0. The van der Waals surface area contributed by atoms with E-state index in [1.54, 1.807) is 13.0 Å². The first kappa shape index (κ1) is 14.7. The van der Waals surface area contributed by atoms with E-state index in [9.17, 15) is 20.0 Å². The van der Waals surface area contributed by atoms with Crippen molar-refractivity contribution in [2.45, 2.75) is 13.0 Å². The second-order valence-corrected chi connectivity index (χ2v) is 5.71. The Bertz CT molecular complexity index is 565. The predicted octanol–water partition coefficient (Wildman–Crippen LogP) is 2.26. The maximum atomic E-state index is 11.3. The number of carboxylic acids is 1. The van der Waals surface area contributed by atoms with Gasteiger partial charge in [-0.3, -0.25) is 14.9 Å². The topological polar surface area (TPSA) is 102 Å². The molecule has 1 fully saturated rings. The van der Waals surface area contributed by atoms with Crippen LogP contribution in [0.2, 0.25) is 0 Å². The molecule has 1 heterocycles. The van der Waals surface area contributed by atoms with Gasteiger partial charge in [-0.2, -0.15) is 0 Å². The van der Waals surface area contributed by atoms with E-state index < -0.39 is 22.3 Å². The summed E-state index contributed by atoms with van der Waals surface area (Å²) < 4.78 is 5.75. The molecule has 2 rings (SSSR count). The first-order chi connectivity index (χ1) is 9.34. The number of nitrogens with zero attached hydrogens (tertiary/aromatic N) is 1. The third-order valence-electron chi connectivity index (χ3n) is 3.44. The molecule has 0 radical (unpaired) electrons. The molecule has 1 saturated heterocycles. The SMILES string of the molecule is CC1(C(=O)O)COCC1Nc1ccc([N+](=O)[O-])cc1Br. The molecule has 20 heavy (non-hydrogen) atoms. The van der Waals surface area contributed by atoms with Gasteiger partial charge in [0.25, 0.3) is 5.69 Å². The molecule has 7 nitrogen and oxygen atoms in total. The number of halogens is 1. The van der Waals surface area contributed by atoms with Crippen molar-refractivity contribution in [3.05, 3.63) is 32.8 Å². The van der Waals surface area contributed by atoms with Crippen LogP contribution in [0.5, 0.6) is 0 Å². The number of anilines is 1. The first-order valence-electron chi connectivity index (χ1n) is 5.86. The zero-order chi connectivity index (χ0) is 14.9. The zero-order valence-corrected chi connectivity index (χ0v) is 12.2. The van der Waals surface area contributed by atoms with E-state index in [2.05, 4.69) is 21.2 Å². The average Bonchev–Trinajstić information content (AvgIpc) is 2.74. The molecule has 1 aromatic carbocycles. The van der Waals surface area contributed by atoms with E-state index in [-0.39, 0.29) is 18.9 Å². The smallest absolute Gasteiger partial charge is 0.313 e. The number of aliphatic carboxylic acids is 1. The molecule has 0 saturated carbocycles. The van der Waals surface area contributed by atoms with Crippen LogP contribution < -0.4 is 5.32 Å². The van der Waals surface area contributed by atoms with Crippen LogP contribution in [0.4, 0.5) is 11.4 Å². The Labute approximate surface area is 123 Å². The van der Waals surface area contributed by atoms with Crippen LogP contribution in [-0.4, -0.2) is 35.3 Å². The molecule has 0 bridgehead atoms. The van der Waals surface area contributed by atoms with Crippen LogP contribution in [0.25, 0.3) is 0 Å². The number of carbonyl (C=O) groups is 1. The average molecular weight is 345 g/mol. The van der Waals surface area contributed by atoms with Gasteiger partial charge >= 0.3 is 5.97 Å². The number of nitrogens with one attached hydrogen (secondary N) is 1. The van der Waals surface area contributed by atoms with Crippen LogP contribution in [0.3, 0.4) is 0 Å². The summed E-state index contributed by atoms with van der Waals surface area (Å²) in [6, 6.07) is 3.87. The summed E-state index contributed by atoms with van der Waals surface area (Å²) in [4.78, 5) is 21.5. The zero-order valence-electron chi connectivity index (χ0n) is 10.6. The van der Waals surface area contributed by atoms with Gasteiger partial charge < -0.3 is 15.2 Å². The van der Waals surface area contributed by atoms with Gasteiger partial charge in [0.2, 0.25) is 0 Å². The number of ether oxygens (including phenoxy) is 1. The van der Waals surface area contributed by atoms with Crippen molar-refractivity contribution in [2.24, 2.45) is 5.41 Å². The second-order valence-electron chi connectivity index (χ2n) is 4.86. The molecule has 0 aliphatic carbocycles. The van der Waals surface area contributed by atoms with E-state index >= 15 is 0 Å². The molecule has 108 valence electrons. The normalized spacial score (nSPS) is 25.4. The van der Waals surface area contributed by atoms with Crippen molar-refractivity contribution in [1.29, 1.82) is 0 Å². The second kappa shape index (κ2) is 5.37. The molecule has 1 aromatic rings. The third kappa shape index (κ3) is 2.61. The molecule has 0 amide bonds. The summed E-state index contributed by atoms with van der Waals surface area (Å²) in [6.07, 6.45) is 0. The third-order valence-corrected chi connectivity index (χ3v) is 4.09. The fourth-order valence-corrected chi connectivity index (χ4v) is 2.49. The largest absolute Gasteiger partial charge is 0.481 e. The van der Waals surface area contributed by atoms with E-state index in [4.69, 9.17) is 4.74 Å². The monoisotopic (exact) mass is 344 g/mol. The van der Waals surface area contributed by atoms with Crippen molar-refractivity contribution in [2.75, 3.05) is 18.5 Å². The van der Waals surface area contributed by atoms with Crippen molar-refractivity contribution < 1.29 is 19.6 Å². The highest BCUT2D eigenvalue weighted by atomic mass is 79.9. The molecule has 0 aromatic heterocycles. The molecular formula is C12H13BrN2O5. The van der Waals surface area contributed by atoms with Crippen LogP contribution in [0, 0.1) is 15.5 Å². The van der Waals surface area contributed by atoms with E-state index in [1.807, 2.05) is 0 Å². The van der Waals surface area contributed by atoms with Gasteiger partial charge in [-0.15, -0.1) is 0 Å². The predicted molar refractivity (Wildman–Crippen MR) is 74.8 cm³/mol. The number of hydrogen-bond donors (Lipinski definition) is 2. The molecule has 2 N–H and O–H groups in total. The van der Waals surface area contributed by atoms with Crippen LogP contribution in [0.15, 0.2) is 22.7 Å². The van der Waals surface area contributed by atoms with Crippen LogP contribution >= 0.6 is 15.9 Å². The molecule has 1 aliphatic heterocycles. The fourth-order valence-electron chi connectivity index (χ4n) is 2.01. The van der Waals surface area contributed by atoms with Gasteiger partial charge in [0.05, 0.1) is 24.2 Å². The van der Waals surface area contributed by atoms with Gasteiger partial charge in [0.15, 0.2) is 0 Å². The Morgan fingerprint density at radius 1 is 1.65 bits per heavy atom. The van der Waals surface area contributed by atoms with Crippen molar-refractivity contribution >= 4 is 33.3 Å². The van der Waals surface area contributed by atoms with E-state index in [1.165, 1.54) is 12.1 Å². The lowest BCUT2D eigenvalue weighted by Gasteiger charge is -2.26. The minimum Gasteiger partial charge on any atom is -0.481 e. The Balaban J connectivity index is 2.22. The van der Waals surface area contributed by atoms with Gasteiger partial charge in [-0.05, 0) is 28.9 Å². The fraction of sp³-hybridized carbons (Fsp3) is 0.417. The highest BCUT2D eigenvalue weighted by molar-refractivity contribution is 9.10. The molecular weight excluding hydrogens is 332 g/mol. The molecule has 2 unspecified atom stereocenters. The summed E-state index contributed by atoms with van der Waals surface area (Å²) >= 11 is 3.24. The number of nitro benzene ring substituents is 1. The Morgan fingerprint density at radius 3 is 2.90 bits per heavy atom. The summed E-state index contributed by atoms with van der Waals surface area (Å²) in [5.74, 6) is -0.939. The Kier molecular flexibility index (Phi) is 3.96. The lowest BCUT2D eigenvalue weighted by molar-refractivity contribution is -0.384. The van der Waals surface area contributed by atoms with Crippen LogP contribution in [0.1, 0.15) is 6.92 Å². The number of benzene rings is 1. The van der Waals surface area contributed by atoms with Gasteiger partial charge in [-0.25, -0.2) is 0 Å². The lowest BCUT2D eigenvalue weighted by atomic mass is 9.85. The Hall–Kier alpha value is -1.67. The minimum absolute atomic E-state index is 0.0360. The number of nitro groups is 1. The highest BCUT2D eigenvalue weighted by Crippen LogP contribution is 2.34. The Morgan fingerprint density at radius 2 is 2.35 bits per heavy atom. The number of rotatable bonds is 4. The van der Waals surface area contributed by atoms with Gasteiger partial charge in [-0.1, -0.05) is 0 Å². The quantitative estimate of drug-likeness (QED) is 0.641. The molecule has 1 aliphatic rings. The maximum Gasteiger partial charge on any atom is 0.313 e. The van der Waals surface area contributed by atoms with Crippen molar-refractivity contribution in [1.82, 2.24) is 0 Å². The van der Waals surface area contributed by atoms with E-state index in [0.717, 1.165) is 0 Å². The van der Waals surface area contributed by atoms with Gasteiger partial charge in [0, 0.05) is 22.3 Å². The first-order valence-corrected chi connectivity index (χ1v) is 6.65. The molecule has 2 atom stereocenters. The number of non-ortho nitro benzene ring substituents is 1. The summed E-state index contributed by atoms with van der Waals surface area (Å²) in [5.41, 5.74) is -0.467. The molecule has 0 spiro atoms. The number of carboxylic acid groups (broad SMARTS) is 1. The van der Waals surface area contributed by atoms with Crippen molar-refractivity contribution in [3.63, 3.8) is 0 Å². The van der Waals surface area contributed by atoms with Gasteiger partial charge in [0.1, 0.15) is 5.41 Å². The maximum absolute atomic E-state index is 11.3. The van der Waals surface area contributed by atoms with E-state index in [0.29, 0.717) is 10.2 Å². The standard InChI is InChI=1S/C12H13BrN2O5/c1-12(11(16)17)6-20-5-10(12)14-9-3-2-7(15(18)19)4-8(9)13/h2-4,10,14H,5-6H2,1H3,(H,16,17). The molecule has 8 heteroatoms. The number of hydrogen-bond acceptors (Lipinski definition) is 5. The van der Waals surface area contributed by atoms with Crippen molar-refractivity contribution in [3.8, 4) is 0 Å².